The number of aliphatic hydroxyl groups is 1. The Morgan fingerprint density at radius 3 is 2.33 bits per heavy atom. The number of hydrogen-bond acceptors (Lipinski definition) is 2. The molecule has 2 atom stereocenters. The number of guanidine groups is 1. The van der Waals surface area contributed by atoms with E-state index in [1.165, 1.54) is 5.56 Å². The van der Waals surface area contributed by atoms with Gasteiger partial charge in [0.25, 0.3) is 0 Å². The minimum Gasteiger partial charge on any atom is -0.396 e. The summed E-state index contributed by atoms with van der Waals surface area (Å²) in [5, 5.41) is 12.3. The topological polar surface area (TPSA) is 70.6 Å². The van der Waals surface area contributed by atoms with E-state index >= 15 is 0 Å². The molecule has 0 heterocycles. The van der Waals surface area contributed by atoms with Crippen LogP contribution in [-0.4, -0.2) is 24.2 Å². The maximum Gasteiger partial charge on any atom is 0.193 e. The van der Waals surface area contributed by atoms with E-state index in [1.54, 1.807) is 0 Å². The van der Waals surface area contributed by atoms with Crippen LogP contribution in [0.3, 0.4) is 0 Å². The van der Waals surface area contributed by atoms with Crippen LogP contribution in [0, 0.1) is 11.8 Å². The van der Waals surface area contributed by atoms with Crippen LogP contribution in [0.5, 0.6) is 0 Å². The molecule has 0 aliphatic heterocycles. The van der Waals surface area contributed by atoms with Gasteiger partial charge in [-0.1, -0.05) is 39.8 Å². The Labute approximate surface area is 164 Å². The van der Waals surface area contributed by atoms with Crippen molar-refractivity contribution in [3.63, 3.8) is 0 Å². The summed E-state index contributed by atoms with van der Waals surface area (Å²) in [4.78, 5) is 4.44. The molecule has 138 valence electrons. The molecule has 1 rings (SSSR count). The smallest absolute Gasteiger partial charge is 0.193 e. The Morgan fingerprint density at radius 2 is 1.83 bits per heavy atom. The summed E-state index contributed by atoms with van der Waals surface area (Å²) in [6, 6.07) is 8.36. The molecule has 0 saturated carbocycles. The lowest BCUT2D eigenvalue weighted by molar-refractivity contribution is 0.246. The molecule has 4 nitrogen and oxygen atoms in total. The van der Waals surface area contributed by atoms with Crippen LogP contribution in [0.1, 0.15) is 58.4 Å². The van der Waals surface area contributed by atoms with Gasteiger partial charge in [0.1, 0.15) is 0 Å². The first-order valence-corrected chi connectivity index (χ1v) is 8.74. The fourth-order valence-electron chi connectivity index (χ4n) is 2.68. The van der Waals surface area contributed by atoms with Crippen molar-refractivity contribution in [3.05, 3.63) is 29.8 Å². The van der Waals surface area contributed by atoms with Crippen LogP contribution >= 0.6 is 24.0 Å². The summed E-state index contributed by atoms with van der Waals surface area (Å²) in [5.74, 6) is 2.00. The number of anilines is 1. The second-order valence-corrected chi connectivity index (χ2v) is 6.79. The molecule has 4 N–H and O–H groups in total. The molecule has 5 heteroatoms. The van der Waals surface area contributed by atoms with Gasteiger partial charge in [-0.3, -0.25) is 4.99 Å². The van der Waals surface area contributed by atoms with E-state index in [9.17, 15) is 0 Å². The molecule has 0 aromatic heterocycles. The summed E-state index contributed by atoms with van der Waals surface area (Å²) < 4.78 is 0. The average molecular weight is 447 g/mol. The van der Waals surface area contributed by atoms with Gasteiger partial charge in [-0.25, -0.2) is 0 Å². The Hall–Kier alpha value is -0.820. The molecule has 0 amide bonds. The van der Waals surface area contributed by atoms with Gasteiger partial charge < -0.3 is 16.2 Å². The second kappa shape index (κ2) is 12.5. The number of nitrogens with two attached hydrogens (primary N) is 1. The summed E-state index contributed by atoms with van der Waals surface area (Å²) in [5.41, 5.74) is 8.28. The lowest BCUT2D eigenvalue weighted by Crippen LogP contribution is -2.24. The van der Waals surface area contributed by atoms with E-state index in [0.29, 0.717) is 30.3 Å². The van der Waals surface area contributed by atoms with E-state index in [-0.39, 0.29) is 30.6 Å². The molecule has 2 unspecified atom stereocenters. The van der Waals surface area contributed by atoms with Crippen molar-refractivity contribution in [3.8, 4) is 0 Å². The van der Waals surface area contributed by atoms with Crippen LogP contribution in [0.4, 0.5) is 5.69 Å². The summed E-state index contributed by atoms with van der Waals surface area (Å²) in [7, 11) is 0. The average Bonchev–Trinajstić information content (AvgIpc) is 2.52. The van der Waals surface area contributed by atoms with Crippen molar-refractivity contribution >= 4 is 35.6 Å². The van der Waals surface area contributed by atoms with E-state index in [2.05, 4.69) is 50.1 Å². The van der Waals surface area contributed by atoms with Crippen molar-refractivity contribution < 1.29 is 5.11 Å². The highest BCUT2D eigenvalue weighted by Gasteiger charge is 2.10. The molecule has 0 radical (unpaired) electrons. The molecular weight excluding hydrogens is 413 g/mol. The number of aliphatic imine (C=N–C) groups is 1. The zero-order chi connectivity index (χ0) is 17.2. The number of nitrogens with zero attached hydrogens (tertiary/aromatic N) is 1. The predicted octanol–water partition coefficient (Wildman–Crippen LogP) is 4.59. The normalized spacial score (nSPS) is 14.2. The minimum absolute atomic E-state index is 0. The monoisotopic (exact) mass is 447 g/mol. The van der Waals surface area contributed by atoms with Gasteiger partial charge in [-0.05, 0) is 54.7 Å². The second-order valence-electron chi connectivity index (χ2n) is 6.79. The Kier molecular flexibility index (Phi) is 12.1. The van der Waals surface area contributed by atoms with Crippen LogP contribution in [0.2, 0.25) is 0 Å². The van der Waals surface area contributed by atoms with Crippen LogP contribution in [0.15, 0.2) is 29.3 Å². The van der Waals surface area contributed by atoms with Crippen molar-refractivity contribution in [2.75, 3.05) is 18.5 Å². The molecule has 0 aliphatic carbocycles. The summed E-state index contributed by atoms with van der Waals surface area (Å²) >= 11 is 0. The largest absolute Gasteiger partial charge is 0.396 e. The summed E-state index contributed by atoms with van der Waals surface area (Å²) in [6.07, 6.45) is 2.97. The van der Waals surface area contributed by atoms with Crippen LogP contribution in [-0.2, 0) is 0 Å². The third-order valence-corrected chi connectivity index (χ3v) is 4.23. The van der Waals surface area contributed by atoms with Gasteiger partial charge in [-0.2, -0.15) is 0 Å². The van der Waals surface area contributed by atoms with Crippen molar-refractivity contribution in [2.45, 2.75) is 52.9 Å². The SMILES string of the molecule is CCC(C)c1ccc(NC(N)=NCC(CCO)CC(C)C)cc1.I. The lowest BCUT2D eigenvalue weighted by Gasteiger charge is -2.16. The molecule has 0 spiro atoms. The lowest BCUT2D eigenvalue weighted by atomic mass is 9.94. The maximum atomic E-state index is 9.15. The molecule has 24 heavy (non-hydrogen) atoms. The minimum atomic E-state index is 0. The Bertz CT molecular complexity index is 474. The van der Waals surface area contributed by atoms with E-state index in [1.807, 2.05) is 12.1 Å². The highest BCUT2D eigenvalue weighted by atomic mass is 127. The highest BCUT2D eigenvalue weighted by Crippen LogP contribution is 2.20. The van der Waals surface area contributed by atoms with Gasteiger partial charge in [0.05, 0.1) is 0 Å². The number of aliphatic hydroxyl groups excluding tert-OH is 1. The van der Waals surface area contributed by atoms with Gasteiger partial charge >= 0.3 is 0 Å². The molecule has 1 aromatic carbocycles. The quantitative estimate of drug-likeness (QED) is 0.295. The third-order valence-electron chi connectivity index (χ3n) is 4.23. The zero-order valence-corrected chi connectivity index (χ0v) is 17.8. The van der Waals surface area contributed by atoms with Crippen molar-refractivity contribution in [2.24, 2.45) is 22.6 Å². The zero-order valence-electron chi connectivity index (χ0n) is 15.5. The molecule has 0 fully saturated rings. The molecule has 1 aromatic rings. The first kappa shape index (κ1) is 23.2. The first-order chi connectivity index (χ1) is 11.0. The third kappa shape index (κ3) is 8.87. The fourth-order valence-corrected chi connectivity index (χ4v) is 2.68. The molecule has 0 aliphatic rings. The van der Waals surface area contributed by atoms with Gasteiger partial charge in [-0.15, -0.1) is 24.0 Å². The number of rotatable bonds is 9. The Morgan fingerprint density at radius 1 is 1.21 bits per heavy atom. The van der Waals surface area contributed by atoms with E-state index in [0.717, 1.165) is 24.9 Å². The predicted molar refractivity (Wildman–Crippen MR) is 115 cm³/mol. The van der Waals surface area contributed by atoms with Gasteiger partial charge in [0, 0.05) is 18.8 Å². The van der Waals surface area contributed by atoms with Crippen LogP contribution in [0.25, 0.3) is 0 Å². The Balaban J connectivity index is 0.00000529. The fraction of sp³-hybridized carbons (Fsp3) is 0.632. The maximum absolute atomic E-state index is 9.15. The molecule has 0 saturated heterocycles. The number of halogens is 1. The number of nitrogens with one attached hydrogen (secondary N) is 1. The highest BCUT2D eigenvalue weighted by molar-refractivity contribution is 14.0. The summed E-state index contributed by atoms with van der Waals surface area (Å²) in [6.45, 7) is 9.67. The molecule has 0 bridgehead atoms. The van der Waals surface area contributed by atoms with Crippen molar-refractivity contribution in [1.29, 1.82) is 0 Å². The van der Waals surface area contributed by atoms with Crippen molar-refractivity contribution in [1.82, 2.24) is 0 Å². The number of hydrogen-bond donors (Lipinski definition) is 3. The van der Waals surface area contributed by atoms with Gasteiger partial charge in [0.2, 0.25) is 0 Å². The van der Waals surface area contributed by atoms with Crippen LogP contribution < -0.4 is 11.1 Å². The standard InChI is InChI=1S/C19H33N3O.HI/c1-5-15(4)17-6-8-18(9-7-17)22-19(20)21-13-16(10-11-23)12-14(2)3;/h6-9,14-16,23H,5,10-13H2,1-4H3,(H3,20,21,22);1H. The number of benzene rings is 1. The van der Waals surface area contributed by atoms with E-state index < -0.39 is 0 Å². The molecular formula is C19H34IN3O. The van der Waals surface area contributed by atoms with E-state index in [4.69, 9.17) is 10.8 Å². The van der Waals surface area contributed by atoms with Gasteiger partial charge in [0.15, 0.2) is 5.96 Å². The first-order valence-electron chi connectivity index (χ1n) is 8.74.